The van der Waals surface area contributed by atoms with Gasteiger partial charge in [0.05, 0.1) is 6.61 Å². The van der Waals surface area contributed by atoms with Gasteiger partial charge in [-0.25, -0.2) is 0 Å². The molecule has 0 fully saturated rings. The summed E-state index contributed by atoms with van der Waals surface area (Å²) in [6.07, 6.45) is 1.21. The Labute approximate surface area is 117 Å². The van der Waals surface area contributed by atoms with Crippen molar-refractivity contribution in [2.75, 3.05) is 6.61 Å². The molecule has 0 amide bonds. The summed E-state index contributed by atoms with van der Waals surface area (Å²) in [4.78, 5) is 3.15. The van der Waals surface area contributed by atoms with Crippen molar-refractivity contribution >= 4 is 10.9 Å². The average molecular weight is 267 g/mol. The van der Waals surface area contributed by atoms with Crippen LogP contribution in [-0.4, -0.2) is 16.7 Å². The molecule has 0 radical (unpaired) electrons. The molecule has 3 rings (SSSR count). The quantitative estimate of drug-likeness (QED) is 0.758. The van der Waals surface area contributed by atoms with E-state index in [1.54, 1.807) is 0 Å². The van der Waals surface area contributed by atoms with E-state index in [2.05, 4.69) is 4.98 Å². The molecule has 0 saturated carbocycles. The van der Waals surface area contributed by atoms with Gasteiger partial charge >= 0.3 is 0 Å². The highest BCUT2D eigenvalue weighted by Gasteiger charge is 2.15. The second-order valence-corrected chi connectivity index (χ2v) is 4.70. The van der Waals surface area contributed by atoms with E-state index in [1.807, 2.05) is 61.7 Å². The van der Waals surface area contributed by atoms with E-state index in [9.17, 15) is 5.11 Å². The lowest BCUT2D eigenvalue weighted by atomic mass is 9.99. The molecule has 0 saturated heterocycles. The Bertz CT molecular complexity index is 718. The number of H-pyrrole nitrogens is 1. The minimum atomic E-state index is -0.683. The molecule has 0 spiro atoms. The molecular weight excluding hydrogens is 250 g/mol. The van der Waals surface area contributed by atoms with Crippen LogP contribution in [0.25, 0.3) is 10.9 Å². The Morgan fingerprint density at radius 3 is 2.85 bits per heavy atom. The fourth-order valence-electron chi connectivity index (χ4n) is 2.41. The number of rotatable bonds is 4. The highest BCUT2D eigenvalue weighted by molar-refractivity contribution is 5.80. The third kappa shape index (κ3) is 2.28. The van der Waals surface area contributed by atoms with Gasteiger partial charge in [-0.05, 0) is 42.1 Å². The van der Waals surface area contributed by atoms with E-state index in [0.717, 1.165) is 27.8 Å². The molecule has 1 unspecified atom stereocenters. The third-order valence-corrected chi connectivity index (χ3v) is 3.41. The molecular formula is C17H17NO2. The van der Waals surface area contributed by atoms with Crippen LogP contribution < -0.4 is 4.74 Å². The first-order valence-electron chi connectivity index (χ1n) is 6.76. The van der Waals surface area contributed by atoms with Gasteiger partial charge in [0, 0.05) is 17.3 Å². The van der Waals surface area contributed by atoms with Crippen molar-refractivity contribution < 1.29 is 9.84 Å². The second kappa shape index (κ2) is 5.39. The first-order chi connectivity index (χ1) is 9.79. The van der Waals surface area contributed by atoms with Crippen LogP contribution in [0.2, 0.25) is 0 Å². The van der Waals surface area contributed by atoms with Crippen molar-refractivity contribution in [1.29, 1.82) is 0 Å². The van der Waals surface area contributed by atoms with Gasteiger partial charge in [-0.3, -0.25) is 0 Å². The zero-order valence-electron chi connectivity index (χ0n) is 11.3. The summed E-state index contributed by atoms with van der Waals surface area (Å²) in [5.41, 5.74) is 2.73. The van der Waals surface area contributed by atoms with Gasteiger partial charge in [-0.2, -0.15) is 0 Å². The molecule has 0 aliphatic rings. The number of aliphatic hydroxyl groups excluding tert-OH is 1. The number of aliphatic hydroxyl groups is 1. The maximum absolute atomic E-state index is 10.6. The Morgan fingerprint density at radius 1 is 1.15 bits per heavy atom. The maximum Gasteiger partial charge on any atom is 0.125 e. The monoisotopic (exact) mass is 267 g/mol. The standard InChI is InChI=1S/C17H17NO2/c1-2-20-16-6-4-3-5-14(16)17(19)13-7-8-15-12(11-13)9-10-18-15/h3-11,17-19H,2H2,1H3. The van der Waals surface area contributed by atoms with Crippen molar-refractivity contribution in [2.45, 2.75) is 13.0 Å². The predicted octanol–water partition coefficient (Wildman–Crippen LogP) is 3.65. The number of ether oxygens (including phenoxy) is 1. The predicted molar refractivity (Wildman–Crippen MR) is 80.0 cm³/mol. The van der Waals surface area contributed by atoms with Gasteiger partial charge in [0.15, 0.2) is 0 Å². The van der Waals surface area contributed by atoms with Gasteiger partial charge in [0.1, 0.15) is 11.9 Å². The molecule has 0 aliphatic carbocycles. The molecule has 1 atom stereocenters. The molecule has 2 aromatic carbocycles. The summed E-state index contributed by atoms with van der Waals surface area (Å²) >= 11 is 0. The highest BCUT2D eigenvalue weighted by Crippen LogP contribution is 2.31. The number of aromatic nitrogens is 1. The van der Waals surface area contributed by atoms with Crippen LogP contribution in [0.4, 0.5) is 0 Å². The van der Waals surface area contributed by atoms with Gasteiger partial charge in [-0.15, -0.1) is 0 Å². The van der Waals surface area contributed by atoms with Gasteiger partial charge in [0.2, 0.25) is 0 Å². The van der Waals surface area contributed by atoms with E-state index in [0.29, 0.717) is 6.61 Å². The Balaban J connectivity index is 2.00. The minimum absolute atomic E-state index is 0.584. The lowest BCUT2D eigenvalue weighted by Crippen LogP contribution is -2.03. The largest absolute Gasteiger partial charge is 0.493 e. The Kier molecular flexibility index (Phi) is 3.44. The topological polar surface area (TPSA) is 45.2 Å². The molecule has 1 heterocycles. The maximum atomic E-state index is 10.6. The van der Waals surface area contributed by atoms with E-state index >= 15 is 0 Å². The number of para-hydroxylation sites is 1. The molecule has 3 heteroatoms. The molecule has 2 N–H and O–H groups in total. The van der Waals surface area contributed by atoms with Crippen molar-refractivity contribution in [3.63, 3.8) is 0 Å². The summed E-state index contributed by atoms with van der Waals surface area (Å²) in [7, 11) is 0. The molecule has 3 nitrogen and oxygen atoms in total. The lowest BCUT2D eigenvalue weighted by molar-refractivity contribution is 0.212. The van der Waals surface area contributed by atoms with Crippen LogP contribution in [-0.2, 0) is 0 Å². The van der Waals surface area contributed by atoms with Gasteiger partial charge in [-0.1, -0.05) is 24.3 Å². The van der Waals surface area contributed by atoms with Crippen LogP contribution in [0.3, 0.4) is 0 Å². The zero-order chi connectivity index (χ0) is 13.9. The average Bonchev–Trinajstić information content (AvgIpc) is 2.95. The summed E-state index contributed by atoms with van der Waals surface area (Å²) < 4.78 is 5.59. The normalized spacial score (nSPS) is 12.5. The molecule has 1 aromatic heterocycles. The SMILES string of the molecule is CCOc1ccccc1C(O)c1ccc2[nH]ccc2c1. The molecule has 0 bridgehead atoms. The van der Waals surface area contributed by atoms with Crippen molar-refractivity contribution in [1.82, 2.24) is 4.98 Å². The number of hydrogen-bond donors (Lipinski definition) is 2. The van der Waals surface area contributed by atoms with E-state index < -0.39 is 6.10 Å². The lowest BCUT2D eigenvalue weighted by Gasteiger charge is -2.16. The first kappa shape index (κ1) is 12.8. The summed E-state index contributed by atoms with van der Waals surface area (Å²) in [5.74, 6) is 0.733. The van der Waals surface area contributed by atoms with Crippen LogP contribution in [0, 0.1) is 0 Å². The number of benzene rings is 2. The first-order valence-corrected chi connectivity index (χ1v) is 6.76. The third-order valence-electron chi connectivity index (χ3n) is 3.41. The van der Waals surface area contributed by atoms with Crippen LogP contribution in [0.15, 0.2) is 54.7 Å². The van der Waals surface area contributed by atoms with E-state index in [4.69, 9.17) is 4.74 Å². The minimum Gasteiger partial charge on any atom is -0.493 e. The molecule has 3 aromatic rings. The van der Waals surface area contributed by atoms with E-state index in [-0.39, 0.29) is 0 Å². The number of aromatic amines is 1. The van der Waals surface area contributed by atoms with Gasteiger partial charge in [0.25, 0.3) is 0 Å². The number of hydrogen-bond acceptors (Lipinski definition) is 2. The molecule has 102 valence electrons. The summed E-state index contributed by atoms with van der Waals surface area (Å²) in [5, 5.41) is 11.7. The van der Waals surface area contributed by atoms with Crippen LogP contribution in [0.5, 0.6) is 5.75 Å². The van der Waals surface area contributed by atoms with Crippen LogP contribution >= 0.6 is 0 Å². The molecule has 0 aliphatic heterocycles. The second-order valence-electron chi connectivity index (χ2n) is 4.70. The summed E-state index contributed by atoms with van der Waals surface area (Å²) in [6, 6.07) is 15.5. The van der Waals surface area contributed by atoms with Gasteiger partial charge < -0.3 is 14.8 Å². The Morgan fingerprint density at radius 2 is 2.00 bits per heavy atom. The number of fused-ring (bicyclic) bond motifs is 1. The van der Waals surface area contributed by atoms with Crippen molar-refractivity contribution in [3.05, 3.63) is 65.9 Å². The fourth-order valence-corrected chi connectivity index (χ4v) is 2.41. The van der Waals surface area contributed by atoms with Crippen molar-refractivity contribution in [2.24, 2.45) is 0 Å². The van der Waals surface area contributed by atoms with E-state index in [1.165, 1.54) is 0 Å². The highest BCUT2D eigenvalue weighted by atomic mass is 16.5. The molecule has 20 heavy (non-hydrogen) atoms. The smallest absolute Gasteiger partial charge is 0.125 e. The Hall–Kier alpha value is -2.26. The fraction of sp³-hybridized carbons (Fsp3) is 0.176. The van der Waals surface area contributed by atoms with Crippen LogP contribution in [0.1, 0.15) is 24.2 Å². The zero-order valence-corrected chi connectivity index (χ0v) is 11.3. The number of nitrogens with one attached hydrogen (secondary N) is 1. The summed E-state index contributed by atoms with van der Waals surface area (Å²) in [6.45, 7) is 2.52. The van der Waals surface area contributed by atoms with Crippen molar-refractivity contribution in [3.8, 4) is 5.75 Å².